The predicted molar refractivity (Wildman–Crippen MR) is 85.9 cm³/mol. The number of nitrogens with zero attached hydrogens (tertiary/aromatic N) is 4. The monoisotopic (exact) mass is 321 g/mol. The van der Waals surface area contributed by atoms with Gasteiger partial charge < -0.3 is 10.2 Å². The Kier molecular flexibility index (Phi) is 5.05. The molecule has 2 aromatic rings. The summed E-state index contributed by atoms with van der Waals surface area (Å²) >= 11 is 0. The van der Waals surface area contributed by atoms with Gasteiger partial charge in [0.05, 0.1) is 17.9 Å². The largest absolute Gasteiger partial charge is 0.376 e. The molecule has 0 atom stereocenters. The number of rotatable bonds is 6. The molecule has 1 aliphatic rings. The summed E-state index contributed by atoms with van der Waals surface area (Å²) in [6.07, 6.45) is 2.57. The maximum atomic E-state index is 12.5. The van der Waals surface area contributed by atoms with Crippen LogP contribution >= 0.6 is 0 Å². The zero-order valence-electron chi connectivity index (χ0n) is 13.0. The minimum absolute atomic E-state index is 0.373. The lowest BCUT2D eigenvalue weighted by Gasteiger charge is -2.30. The molecule has 0 saturated carbocycles. The molecular formula is C16H21F2N5. The maximum absolute atomic E-state index is 12.5. The Morgan fingerprint density at radius 1 is 1.13 bits per heavy atom. The zero-order chi connectivity index (χ0) is 16.1. The number of hydrogen-bond donors (Lipinski definition) is 1. The van der Waals surface area contributed by atoms with Crippen molar-refractivity contribution in [3.8, 4) is 0 Å². The van der Waals surface area contributed by atoms with Crippen molar-refractivity contribution in [1.29, 1.82) is 0 Å². The molecular weight excluding hydrogens is 300 g/mol. The lowest BCUT2D eigenvalue weighted by atomic mass is 10.1. The third-order valence-corrected chi connectivity index (χ3v) is 4.04. The number of aromatic nitrogens is 3. The highest BCUT2D eigenvalue weighted by atomic mass is 19.3. The minimum atomic E-state index is -2.43. The Bertz CT molecular complexity index is 622. The van der Waals surface area contributed by atoms with E-state index in [0.29, 0.717) is 12.4 Å². The molecule has 3 rings (SSSR count). The van der Waals surface area contributed by atoms with E-state index in [4.69, 9.17) is 0 Å². The van der Waals surface area contributed by atoms with Crippen LogP contribution in [0.1, 0.15) is 25.1 Å². The first kappa shape index (κ1) is 15.7. The minimum Gasteiger partial charge on any atom is -0.376 e. The van der Waals surface area contributed by atoms with Gasteiger partial charge >= 0.3 is 0 Å². The van der Waals surface area contributed by atoms with E-state index >= 15 is 0 Å². The van der Waals surface area contributed by atoms with Crippen molar-refractivity contribution >= 4 is 11.4 Å². The van der Waals surface area contributed by atoms with Gasteiger partial charge in [0.25, 0.3) is 6.43 Å². The Morgan fingerprint density at radius 2 is 1.91 bits per heavy atom. The lowest BCUT2D eigenvalue weighted by Crippen LogP contribution is -2.30. The Morgan fingerprint density at radius 3 is 2.70 bits per heavy atom. The van der Waals surface area contributed by atoms with Crippen molar-refractivity contribution in [2.24, 2.45) is 0 Å². The van der Waals surface area contributed by atoms with Gasteiger partial charge in [-0.25, -0.2) is 18.4 Å². The standard InChI is InChI=1S/C16H21F2N5/c17-15(18)11-23-16(20-12-21-23)10-19-13-6-2-3-7-14(13)22-8-4-1-5-9-22/h2-3,6-7,12,15,19H,1,4-5,8-11H2. The second-order valence-corrected chi connectivity index (χ2v) is 5.67. The fourth-order valence-corrected chi connectivity index (χ4v) is 2.92. The molecule has 7 heteroatoms. The number of anilines is 2. The average molecular weight is 321 g/mol. The molecule has 0 spiro atoms. The van der Waals surface area contributed by atoms with Crippen molar-refractivity contribution < 1.29 is 8.78 Å². The van der Waals surface area contributed by atoms with Crippen molar-refractivity contribution in [2.75, 3.05) is 23.3 Å². The van der Waals surface area contributed by atoms with Gasteiger partial charge in [0, 0.05) is 13.1 Å². The van der Waals surface area contributed by atoms with Gasteiger partial charge in [0.15, 0.2) is 0 Å². The van der Waals surface area contributed by atoms with Gasteiger partial charge in [-0.05, 0) is 31.4 Å². The second-order valence-electron chi connectivity index (χ2n) is 5.67. The van der Waals surface area contributed by atoms with Crippen LogP contribution in [0.25, 0.3) is 0 Å². The van der Waals surface area contributed by atoms with E-state index in [1.807, 2.05) is 18.2 Å². The van der Waals surface area contributed by atoms with Crippen LogP contribution in [0.5, 0.6) is 0 Å². The maximum Gasteiger partial charge on any atom is 0.257 e. The summed E-state index contributed by atoms with van der Waals surface area (Å²) in [4.78, 5) is 6.44. The second kappa shape index (κ2) is 7.39. The highest BCUT2D eigenvalue weighted by molar-refractivity contribution is 5.70. The van der Waals surface area contributed by atoms with Gasteiger partial charge in [-0.15, -0.1) is 0 Å². The molecule has 1 aromatic heterocycles. The fraction of sp³-hybridized carbons (Fsp3) is 0.500. The van der Waals surface area contributed by atoms with Gasteiger partial charge in [0.2, 0.25) is 0 Å². The normalized spacial score (nSPS) is 15.2. The molecule has 0 amide bonds. The molecule has 124 valence electrons. The van der Waals surface area contributed by atoms with Crippen LogP contribution in [0.2, 0.25) is 0 Å². The summed E-state index contributed by atoms with van der Waals surface area (Å²) in [6.45, 7) is 2.06. The number of benzene rings is 1. The number of para-hydroxylation sites is 2. The first-order valence-electron chi connectivity index (χ1n) is 7.97. The average Bonchev–Trinajstić information content (AvgIpc) is 3.00. The molecule has 1 N–H and O–H groups in total. The molecule has 0 aliphatic carbocycles. The molecule has 0 unspecified atom stereocenters. The number of piperidine rings is 1. The van der Waals surface area contributed by atoms with Gasteiger partial charge in [0.1, 0.15) is 18.7 Å². The van der Waals surface area contributed by atoms with Gasteiger partial charge in [-0.2, -0.15) is 5.10 Å². The van der Waals surface area contributed by atoms with Crippen LogP contribution in [0.4, 0.5) is 20.2 Å². The summed E-state index contributed by atoms with van der Waals surface area (Å²) in [5.74, 6) is 0.513. The Labute approximate surface area is 134 Å². The van der Waals surface area contributed by atoms with E-state index in [9.17, 15) is 8.78 Å². The van der Waals surface area contributed by atoms with Crippen molar-refractivity contribution in [1.82, 2.24) is 14.8 Å². The Balaban J connectivity index is 1.70. The van der Waals surface area contributed by atoms with Crippen molar-refractivity contribution in [2.45, 2.75) is 38.8 Å². The van der Waals surface area contributed by atoms with Crippen LogP contribution in [-0.4, -0.2) is 34.3 Å². The number of halogens is 2. The van der Waals surface area contributed by atoms with Crippen LogP contribution in [-0.2, 0) is 13.1 Å². The SMILES string of the molecule is FC(F)Cn1ncnc1CNc1ccccc1N1CCCCC1. The van der Waals surface area contributed by atoms with Crippen molar-refractivity contribution in [3.63, 3.8) is 0 Å². The molecule has 1 aromatic carbocycles. The van der Waals surface area contributed by atoms with E-state index < -0.39 is 13.0 Å². The topological polar surface area (TPSA) is 46.0 Å². The summed E-state index contributed by atoms with van der Waals surface area (Å²) in [7, 11) is 0. The third-order valence-electron chi connectivity index (χ3n) is 4.04. The van der Waals surface area contributed by atoms with Crippen LogP contribution < -0.4 is 10.2 Å². The highest BCUT2D eigenvalue weighted by Crippen LogP contribution is 2.28. The van der Waals surface area contributed by atoms with Crippen molar-refractivity contribution in [3.05, 3.63) is 36.4 Å². The molecule has 23 heavy (non-hydrogen) atoms. The summed E-state index contributed by atoms with van der Waals surface area (Å²) in [6, 6.07) is 8.10. The van der Waals surface area contributed by atoms with Crippen LogP contribution in [0.3, 0.4) is 0 Å². The van der Waals surface area contributed by atoms with E-state index in [0.717, 1.165) is 24.5 Å². The highest BCUT2D eigenvalue weighted by Gasteiger charge is 2.15. The van der Waals surface area contributed by atoms with E-state index in [2.05, 4.69) is 26.4 Å². The van der Waals surface area contributed by atoms with E-state index in [1.165, 1.54) is 30.3 Å². The summed E-state index contributed by atoms with van der Waals surface area (Å²) in [5, 5.41) is 7.17. The molecule has 1 saturated heterocycles. The Hall–Kier alpha value is -2.18. The zero-order valence-corrected chi connectivity index (χ0v) is 13.0. The first-order valence-corrected chi connectivity index (χ1v) is 7.97. The van der Waals surface area contributed by atoms with E-state index in [1.54, 1.807) is 0 Å². The predicted octanol–water partition coefficient (Wildman–Crippen LogP) is 3.15. The number of hydrogen-bond acceptors (Lipinski definition) is 4. The fourth-order valence-electron chi connectivity index (χ4n) is 2.92. The van der Waals surface area contributed by atoms with E-state index in [-0.39, 0.29) is 0 Å². The number of alkyl halides is 2. The quantitative estimate of drug-likeness (QED) is 0.888. The molecule has 0 bridgehead atoms. The smallest absolute Gasteiger partial charge is 0.257 e. The van der Waals surface area contributed by atoms with Crippen LogP contribution in [0.15, 0.2) is 30.6 Å². The molecule has 0 radical (unpaired) electrons. The number of nitrogens with one attached hydrogen (secondary N) is 1. The molecule has 1 aliphatic heterocycles. The summed E-state index contributed by atoms with van der Waals surface area (Å²) < 4.78 is 26.3. The van der Waals surface area contributed by atoms with Gasteiger partial charge in [-0.3, -0.25) is 0 Å². The van der Waals surface area contributed by atoms with Gasteiger partial charge in [-0.1, -0.05) is 12.1 Å². The third kappa shape index (κ3) is 3.97. The molecule has 2 heterocycles. The molecule has 1 fully saturated rings. The first-order chi connectivity index (χ1) is 11.2. The lowest BCUT2D eigenvalue weighted by molar-refractivity contribution is 0.120. The summed E-state index contributed by atoms with van der Waals surface area (Å²) in [5.41, 5.74) is 2.16. The molecule has 5 nitrogen and oxygen atoms in total. The van der Waals surface area contributed by atoms with Crippen LogP contribution in [0, 0.1) is 0 Å².